The number of hydrogen-bond acceptors (Lipinski definition) is 0. The molecule has 10 heavy (non-hydrogen) atoms. The molecule has 1 saturated carbocycles. The van der Waals surface area contributed by atoms with Gasteiger partial charge in [0.2, 0.25) is 0 Å². The molecule has 0 aromatic rings. The Morgan fingerprint density at radius 2 is 1.70 bits per heavy atom. The van der Waals surface area contributed by atoms with Gasteiger partial charge in [-0.25, -0.2) is 0 Å². The SMILES string of the molecule is C[C@@H]1CC[C@H](C(C)(C)C)C1. The van der Waals surface area contributed by atoms with Crippen molar-refractivity contribution in [1.29, 1.82) is 0 Å². The molecule has 0 N–H and O–H groups in total. The predicted octanol–water partition coefficient (Wildman–Crippen LogP) is 3.47. The van der Waals surface area contributed by atoms with Crippen LogP contribution in [0.4, 0.5) is 0 Å². The molecule has 2 atom stereocenters. The summed E-state index contributed by atoms with van der Waals surface area (Å²) in [5, 5.41) is 0. The maximum Gasteiger partial charge on any atom is -0.0354 e. The second kappa shape index (κ2) is 2.56. The van der Waals surface area contributed by atoms with Gasteiger partial charge in [0.15, 0.2) is 0 Å². The summed E-state index contributed by atoms with van der Waals surface area (Å²) in [5.74, 6) is 1.98. The predicted molar refractivity (Wildman–Crippen MR) is 46.0 cm³/mol. The molecule has 0 bridgehead atoms. The first-order chi connectivity index (χ1) is 4.50. The molecular weight excluding hydrogens is 120 g/mol. The standard InChI is InChI=1S/C10H20/c1-8-5-6-9(7-8)10(2,3)4/h8-9H,5-7H2,1-4H3/t8-,9+/m1/s1. The Balaban J connectivity index is 2.45. The molecule has 1 aliphatic rings. The van der Waals surface area contributed by atoms with Gasteiger partial charge in [-0.3, -0.25) is 0 Å². The van der Waals surface area contributed by atoms with Crippen LogP contribution in [0.1, 0.15) is 47.0 Å². The lowest BCUT2D eigenvalue weighted by molar-refractivity contribution is 0.240. The molecule has 0 aromatic carbocycles. The third-order valence-corrected chi connectivity index (χ3v) is 2.92. The van der Waals surface area contributed by atoms with Crippen LogP contribution >= 0.6 is 0 Å². The van der Waals surface area contributed by atoms with Crippen LogP contribution in [0.3, 0.4) is 0 Å². The summed E-state index contributed by atoms with van der Waals surface area (Å²) in [7, 11) is 0. The molecule has 0 heteroatoms. The van der Waals surface area contributed by atoms with E-state index < -0.39 is 0 Å². The lowest BCUT2D eigenvalue weighted by Crippen LogP contribution is -2.17. The van der Waals surface area contributed by atoms with Gasteiger partial charge in [0.1, 0.15) is 0 Å². The van der Waals surface area contributed by atoms with E-state index in [4.69, 9.17) is 0 Å². The van der Waals surface area contributed by atoms with Crippen LogP contribution in [-0.2, 0) is 0 Å². The minimum Gasteiger partial charge on any atom is -0.0625 e. The topological polar surface area (TPSA) is 0 Å². The molecule has 0 radical (unpaired) electrons. The molecule has 1 aliphatic carbocycles. The highest BCUT2D eigenvalue weighted by Gasteiger charge is 2.30. The van der Waals surface area contributed by atoms with Gasteiger partial charge in [0, 0.05) is 0 Å². The van der Waals surface area contributed by atoms with Gasteiger partial charge in [-0.15, -0.1) is 0 Å². The van der Waals surface area contributed by atoms with Crippen molar-refractivity contribution in [3.63, 3.8) is 0 Å². The molecule has 0 saturated heterocycles. The van der Waals surface area contributed by atoms with E-state index in [0.29, 0.717) is 5.41 Å². The summed E-state index contributed by atoms with van der Waals surface area (Å²) in [6.45, 7) is 9.49. The van der Waals surface area contributed by atoms with E-state index in [9.17, 15) is 0 Å². The molecule has 0 spiro atoms. The Hall–Kier alpha value is 0. The van der Waals surface area contributed by atoms with Crippen molar-refractivity contribution in [2.75, 3.05) is 0 Å². The van der Waals surface area contributed by atoms with E-state index in [2.05, 4.69) is 27.7 Å². The van der Waals surface area contributed by atoms with Crippen LogP contribution in [0.15, 0.2) is 0 Å². The van der Waals surface area contributed by atoms with E-state index in [0.717, 1.165) is 11.8 Å². The Kier molecular flexibility index (Phi) is 2.07. The fourth-order valence-electron chi connectivity index (χ4n) is 1.99. The van der Waals surface area contributed by atoms with Crippen molar-refractivity contribution < 1.29 is 0 Å². The zero-order valence-electron chi connectivity index (χ0n) is 7.78. The minimum atomic E-state index is 0.560. The van der Waals surface area contributed by atoms with Crippen molar-refractivity contribution >= 4 is 0 Å². The molecule has 0 unspecified atom stereocenters. The fraction of sp³-hybridized carbons (Fsp3) is 1.00. The summed E-state index contributed by atoms with van der Waals surface area (Å²) < 4.78 is 0. The largest absolute Gasteiger partial charge is 0.0625 e. The van der Waals surface area contributed by atoms with Crippen LogP contribution in [0, 0.1) is 17.3 Å². The highest BCUT2D eigenvalue weighted by atomic mass is 14.4. The zero-order valence-corrected chi connectivity index (χ0v) is 7.78. The molecule has 0 heterocycles. The Morgan fingerprint density at radius 3 is 1.90 bits per heavy atom. The Morgan fingerprint density at radius 1 is 1.10 bits per heavy atom. The van der Waals surface area contributed by atoms with E-state index in [1.165, 1.54) is 19.3 Å². The average molecular weight is 140 g/mol. The first-order valence-corrected chi connectivity index (χ1v) is 4.50. The third-order valence-electron chi connectivity index (χ3n) is 2.92. The lowest BCUT2D eigenvalue weighted by atomic mass is 9.79. The number of rotatable bonds is 0. The van der Waals surface area contributed by atoms with Crippen molar-refractivity contribution in [1.82, 2.24) is 0 Å². The first kappa shape index (κ1) is 8.10. The Labute approximate surface area is 65.0 Å². The summed E-state index contributed by atoms with van der Waals surface area (Å²) in [6.07, 6.45) is 4.39. The lowest BCUT2D eigenvalue weighted by Gasteiger charge is -2.26. The summed E-state index contributed by atoms with van der Waals surface area (Å²) in [6, 6.07) is 0. The van der Waals surface area contributed by atoms with Gasteiger partial charge < -0.3 is 0 Å². The van der Waals surface area contributed by atoms with Crippen molar-refractivity contribution in [2.45, 2.75) is 47.0 Å². The number of hydrogen-bond donors (Lipinski definition) is 0. The second-order valence-electron chi connectivity index (χ2n) is 4.98. The smallest absolute Gasteiger partial charge is 0.0354 e. The van der Waals surface area contributed by atoms with E-state index in [1.54, 1.807) is 0 Å². The van der Waals surface area contributed by atoms with Gasteiger partial charge >= 0.3 is 0 Å². The first-order valence-electron chi connectivity index (χ1n) is 4.50. The summed E-state index contributed by atoms with van der Waals surface area (Å²) in [5.41, 5.74) is 0.560. The minimum absolute atomic E-state index is 0.560. The van der Waals surface area contributed by atoms with Gasteiger partial charge in [0.05, 0.1) is 0 Å². The fourth-order valence-corrected chi connectivity index (χ4v) is 1.99. The monoisotopic (exact) mass is 140 g/mol. The van der Waals surface area contributed by atoms with Crippen molar-refractivity contribution in [3.8, 4) is 0 Å². The van der Waals surface area contributed by atoms with E-state index in [1.807, 2.05) is 0 Å². The van der Waals surface area contributed by atoms with Gasteiger partial charge in [-0.05, 0) is 30.1 Å². The third kappa shape index (κ3) is 1.74. The van der Waals surface area contributed by atoms with Crippen LogP contribution in [-0.4, -0.2) is 0 Å². The van der Waals surface area contributed by atoms with Crippen molar-refractivity contribution in [3.05, 3.63) is 0 Å². The summed E-state index contributed by atoms with van der Waals surface area (Å²) in [4.78, 5) is 0. The molecule has 1 rings (SSSR count). The van der Waals surface area contributed by atoms with E-state index >= 15 is 0 Å². The van der Waals surface area contributed by atoms with Gasteiger partial charge in [0.25, 0.3) is 0 Å². The van der Waals surface area contributed by atoms with Crippen LogP contribution in [0.5, 0.6) is 0 Å². The molecule has 1 fully saturated rings. The van der Waals surface area contributed by atoms with Crippen LogP contribution in [0.25, 0.3) is 0 Å². The maximum atomic E-state index is 2.38. The van der Waals surface area contributed by atoms with Gasteiger partial charge in [-0.1, -0.05) is 34.1 Å². The second-order valence-corrected chi connectivity index (χ2v) is 4.98. The normalized spacial score (nSPS) is 34.8. The van der Waals surface area contributed by atoms with Crippen molar-refractivity contribution in [2.24, 2.45) is 17.3 Å². The van der Waals surface area contributed by atoms with Gasteiger partial charge in [-0.2, -0.15) is 0 Å². The highest BCUT2D eigenvalue weighted by molar-refractivity contribution is 4.81. The molecule has 60 valence electrons. The molecule has 0 nitrogen and oxygen atoms in total. The quantitative estimate of drug-likeness (QED) is 0.483. The molecular formula is C10H20. The maximum absolute atomic E-state index is 2.38. The summed E-state index contributed by atoms with van der Waals surface area (Å²) >= 11 is 0. The van der Waals surface area contributed by atoms with E-state index in [-0.39, 0.29) is 0 Å². The van der Waals surface area contributed by atoms with Crippen LogP contribution in [0.2, 0.25) is 0 Å². The zero-order chi connectivity index (χ0) is 7.78. The van der Waals surface area contributed by atoms with Crippen LogP contribution < -0.4 is 0 Å². The molecule has 0 aromatic heterocycles. The molecule has 0 amide bonds. The average Bonchev–Trinajstić information content (AvgIpc) is 2.11. The Bertz CT molecular complexity index is 108. The molecule has 0 aliphatic heterocycles. The highest BCUT2D eigenvalue weighted by Crippen LogP contribution is 2.41.